The molecule has 1 heterocycles. The van der Waals surface area contributed by atoms with Gasteiger partial charge in [0.15, 0.2) is 17.3 Å². The van der Waals surface area contributed by atoms with Crippen LogP contribution in [0.25, 0.3) is 0 Å². The Labute approximate surface area is 198 Å². The first-order valence-corrected chi connectivity index (χ1v) is 11.3. The highest BCUT2D eigenvalue weighted by Gasteiger charge is 2.14. The van der Waals surface area contributed by atoms with Gasteiger partial charge in [0.25, 0.3) is 0 Å². The van der Waals surface area contributed by atoms with Crippen LogP contribution in [-0.4, -0.2) is 21.5 Å². The van der Waals surface area contributed by atoms with Crippen LogP contribution < -0.4 is 14.9 Å². The lowest BCUT2D eigenvalue weighted by atomic mass is 10.2. The van der Waals surface area contributed by atoms with Gasteiger partial charge in [-0.15, -0.1) is 0 Å². The van der Waals surface area contributed by atoms with Crippen molar-refractivity contribution in [1.82, 2.24) is 14.9 Å². The van der Waals surface area contributed by atoms with Gasteiger partial charge in [-0.05, 0) is 70.5 Å². The number of ether oxygens (including phenoxy) is 2. The average Bonchev–Trinajstić information content (AvgIpc) is 3.08. The lowest BCUT2D eigenvalue weighted by Gasteiger charge is -2.16. The molecule has 2 aromatic carbocycles. The number of rotatable bonds is 9. The molecule has 3 aromatic rings. The van der Waals surface area contributed by atoms with E-state index in [1.54, 1.807) is 16.8 Å². The Morgan fingerprint density at radius 1 is 1.13 bits per heavy atom. The van der Waals surface area contributed by atoms with Crippen LogP contribution in [0.3, 0.4) is 0 Å². The summed E-state index contributed by atoms with van der Waals surface area (Å²) >= 11 is 21.0. The Kier molecular flexibility index (Phi) is 8.05. The third kappa shape index (κ3) is 5.49. The van der Waals surface area contributed by atoms with Crippen molar-refractivity contribution in [2.24, 2.45) is 0 Å². The van der Waals surface area contributed by atoms with Crippen LogP contribution in [0.15, 0.2) is 34.8 Å². The van der Waals surface area contributed by atoms with E-state index in [4.69, 9.17) is 44.9 Å². The molecule has 0 spiro atoms. The van der Waals surface area contributed by atoms with E-state index in [9.17, 15) is 0 Å². The number of H-pyrrole nitrogens is 1. The van der Waals surface area contributed by atoms with Gasteiger partial charge in [-0.3, -0.25) is 5.10 Å². The van der Waals surface area contributed by atoms with Crippen molar-refractivity contribution in [1.29, 1.82) is 0 Å². The maximum atomic E-state index is 6.09. The summed E-state index contributed by atoms with van der Waals surface area (Å²) in [5.41, 5.74) is 5.19. The van der Waals surface area contributed by atoms with E-state index in [-0.39, 0.29) is 0 Å². The van der Waals surface area contributed by atoms with Gasteiger partial charge in [0.1, 0.15) is 6.61 Å². The molecule has 0 aliphatic heterocycles. The number of nitrogens with one attached hydrogen (secondary N) is 2. The lowest BCUT2D eigenvalue weighted by molar-refractivity contribution is 0.267. The first kappa shape index (κ1) is 22.9. The topological polar surface area (TPSA) is 64.1 Å². The van der Waals surface area contributed by atoms with Crippen LogP contribution in [-0.2, 0) is 19.6 Å². The summed E-state index contributed by atoms with van der Waals surface area (Å²) in [6, 6.07) is 9.34. The first-order chi connectivity index (χ1) is 14.4. The molecular formula is C20H21BrCl2N4O2S. The van der Waals surface area contributed by atoms with Crippen LogP contribution in [0.2, 0.25) is 10.0 Å². The Hall–Kier alpha value is -1.74. The van der Waals surface area contributed by atoms with Gasteiger partial charge in [0.2, 0.25) is 4.77 Å². The zero-order valence-corrected chi connectivity index (χ0v) is 20.4. The highest BCUT2D eigenvalue weighted by molar-refractivity contribution is 9.10. The van der Waals surface area contributed by atoms with Gasteiger partial charge >= 0.3 is 0 Å². The van der Waals surface area contributed by atoms with Gasteiger partial charge in [0, 0.05) is 6.42 Å². The largest absolute Gasteiger partial charge is 0.490 e. The average molecular weight is 532 g/mol. The maximum absolute atomic E-state index is 6.09. The molecule has 0 fully saturated rings. The molecule has 0 amide bonds. The molecule has 0 saturated carbocycles. The van der Waals surface area contributed by atoms with Crippen molar-refractivity contribution < 1.29 is 9.47 Å². The summed E-state index contributed by atoms with van der Waals surface area (Å²) in [6.45, 7) is 5.33. The van der Waals surface area contributed by atoms with E-state index in [1.807, 2.05) is 32.0 Å². The highest BCUT2D eigenvalue weighted by Crippen LogP contribution is 2.38. The third-order valence-corrected chi connectivity index (χ3v) is 5.84. The van der Waals surface area contributed by atoms with E-state index < -0.39 is 0 Å². The number of halogens is 3. The normalized spacial score (nSPS) is 10.8. The number of aryl methyl sites for hydroxylation is 1. The fraction of sp³-hybridized carbons (Fsp3) is 0.300. The second-order valence-electron chi connectivity index (χ2n) is 6.34. The summed E-state index contributed by atoms with van der Waals surface area (Å²) in [5, 5.41) is 8.00. The molecule has 0 saturated heterocycles. The fourth-order valence-electron chi connectivity index (χ4n) is 2.81. The molecule has 3 rings (SSSR count). The minimum Gasteiger partial charge on any atom is -0.490 e. The van der Waals surface area contributed by atoms with Crippen molar-refractivity contribution >= 4 is 51.3 Å². The predicted molar refractivity (Wildman–Crippen MR) is 126 cm³/mol. The molecule has 160 valence electrons. The summed E-state index contributed by atoms with van der Waals surface area (Å²) in [7, 11) is 0. The second kappa shape index (κ2) is 10.5. The molecule has 6 nitrogen and oxygen atoms in total. The molecule has 10 heteroatoms. The van der Waals surface area contributed by atoms with Crippen LogP contribution in [0.4, 0.5) is 0 Å². The van der Waals surface area contributed by atoms with E-state index in [0.717, 1.165) is 27.8 Å². The Morgan fingerprint density at radius 3 is 2.63 bits per heavy atom. The van der Waals surface area contributed by atoms with Crippen LogP contribution >= 0.6 is 51.3 Å². The van der Waals surface area contributed by atoms with Gasteiger partial charge < -0.3 is 14.9 Å². The van der Waals surface area contributed by atoms with Crippen molar-refractivity contribution in [3.63, 3.8) is 0 Å². The van der Waals surface area contributed by atoms with Crippen LogP contribution in [0, 0.1) is 4.77 Å². The molecule has 30 heavy (non-hydrogen) atoms. The molecule has 0 bridgehead atoms. The van der Waals surface area contributed by atoms with Gasteiger partial charge in [-0.1, -0.05) is 36.2 Å². The standard InChI is InChI=1S/C20H21BrCl2N4O2S/c1-3-18-25-26-20(30)27(18)24-10-13-7-14(21)19(17(9-13)28-4-2)29-11-12-5-6-15(22)16(23)8-12/h5-9,24H,3-4,10-11H2,1-2H3,(H,26,30). The molecule has 0 aliphatic carbocycles. The van der Waals surface area contributed by atoms with E-state index in [2.05, 4.69) is 31.6 Å². The SMILES string of the molecule is CCOc1cc(CNn2c(CC)n[nH]c2=S)cc(Br)c1OCc1ccc(Cl)c(Cl)c1. The first-order valence-electron chi connectivity index (χ1n) is 9.35. The summed E-state index contributed by atoms with van der Waals surface area (Å²) < 4.78 is 14.9. The van der Waals surface area contributed by atoms with Crippen LogP contribution in [0.1, 0.15) is 30.8 Å². The number of aromatic amines is 1. The second-order valence-corrected chi connectivity index (χ2v) is 8.40. The van der Waals surface area contributed by atoms with Crippen molar-refractivity contribution in [3.8, 4) is 11.5 Å². The van der Waals surface area contributed by atoms with Gasteiger partial charge in [-0.25, -0.2) is 4.68 Å². The molecule has 0 unspecified atom stereocenters. The summed E-state index contributed by atoms with van der Waals surface area (Å²) in [5.74, 6) is 2.11. The quantitative estimate of drug-likeness (QED) is 0.317. The van der Waals surface area contributed by atoms with E-state index in [0.29, 0.717) is 46.1 Å². The van der Waals surface area contributed by atoms with Crippen molar-refractivity contribution in [3.05, 3.63) is 66.6 Å². The highest BCUT2D eigenvalue weighted by atomic mass is 79.9. The van der Waals surface area contributed by atoms with E-state index in [1.165, 1.54) is 0 Å². The third-order valence-electron chi connectivity index (χ3n) is 4.24. The number of hydrogen-bond donors (Lipinski definition) is 2. The number of nitrogens with zero attached hydrogens (tertiary/aromatic N) is 2. The van der Waals surface area contributed by atoms with Crippen LogP contribution in [0.5, 0.6) is 11.5 Å². The van der Waals surface area contributed by atoms with Gasteiger partial charge in [-0.2, -0.15) is 5.10 Å². The minimum atomic E-state index is 0.331. The molecule has 1 aromatic heterocycles. The Balaban J connectivity index is 1.78. The number of aromatic nitrogens is 3. The van der Waals surface area contributed by atoms with E-state index >= 15 is 0 Å². The molecule has 0 radical (unpaired) electrons. The summed E-state index contributed by atoms with van der Waals surface area (Å²) in [6.07, 6.45) is 0.759. The molecule has 2 N–H and O–H groups in total. The molecule has 0 aliphatic rings. The molecule has 0 atom stereocenters. The molecular weight excluding hydrogens is 511 g/mol. The number of benzene rings is 2. The zero-order chi connectivity index (χ0) is 21.7. The number of hydrogen-bond acceptors (Lipinski definition) is 5. The zero-order valence-electron chi connectivity index (χ0n) is 16.5. The van der Waals surface area contributed by atoms with Crippen molar-refractivity contribution in [2.45, 2.75) is 33.4 Å². The van der Waals surface area contributed by atoms with Crippen molar-refractivity contribution in [2.75, 3.05) is 12.0 Å². The fourth-order valence-corrected chi connectivity index (χ4v) is 3.95. The Morgan fingerprint density at radius 2 is 1.93 bits per heavy atom. The predicted octanol–water partition coefficient (Wildman–Crippen LogP) is 6.29. The Bertz CT molecular complexity index is 1090. The monoisotopic (exact) mass is 530 g/mol. The summed E-state index contributed by atoms with van der Waals surface area (Å²) in [4.78, 5) is 0. The lowest BCUT2D eigenvalue weighted by Crippen LogP contribution is -2.17. The minimum absolute atomic E-state index is 0.331. The van der Waals surface area contributed by atoms with Gasteiger partial charge in [0.05, 0.1) is 27.7 Å². The maximum Gasteiger partial charge on any atom is 0.214 e. The smallest absolute Gasteiger partial charge is 0.214 e.